The highest BCUT2D eigenvalue weighted by Gasteiger charge is 2.61. The zero-order valence-corrected chi connectivity index (χ0v) is 52.0. The van der Waals surface area contributed by atoms with E-state index in [1.54, 1.807) is 0 Å². The van der Waals surface area contributed by atoms with Gasteiger partial charge >= 0.3 is 5.97 Å². The Labute approximate surface area is 531 Å². The number of aliphatic hydroxyl groups is 9. The molecule has 93 heavy (non-hydrogen) atoms. The summed E-state index contributed by atoms with van der Waals surface area (Å²) in [6.45, 7) is 2.57. The molecule has 5 fully saturated rings. The van der Waals surface area contributed by atoms with Gasteiger partial charge in [-0.05, 0) is 46.5 Å². The molecule has 5 rings (SSSR count). The van der Waals surface area contributed by atoms with Crippen LogP contribution in [0.25, 0.3) is 0 Å². The van der Waals surface area contributed by atoms with E-state index in [0.29, 0.717) is 12.8 Å². The van der Waals surface area contributed by atoms with Gasteiger partial charge in [0, 0.05) is 47.2 Å². The number of primary amides is 1. The molecular formula is C54H87N11O28. The van der Waals surface area contributed by atoms with Gasteiger partial charge in [-0.1, -0.05) is 0 Å². The Kier molecular flexibility index (Phi) is 28.0. The van der Waals surface area contributed by atoms with Gasteiger partial charge in [-0.25, -0.2) is 4.79 Å². The summed E-state index contributed by atoms with van der Waals surface area (Å²) < 4.78 is 36.1. The van der Waals surface area contributed by atoms with Crippen molar-refractivity contribution in [2.75, 3.05) is 46.1 Å². The van der Waals surface area contributed by atoms with Gasteiger partial charge in [0.25, 0.3) is 5.79 Å². The van der Waals surface area contributed by atoms with E-state index in [9.17, 15) is 109 Å². The zero-order valence-electron chi connectivity index (χ0n) is 52.0. The number of carbonyl (C=O) groups is 12. The van der Waals surface area contributed by atoms with E-state index in [0.717, 1.165) is 34.6 Å². The number of nitrogens with zero attached hydrogens (tertiary/aromatic N) is 2. The summed E-state index contributed by atoms with van der Waals surface area (Å²) in [5, 5.41) is 127. The van der Waals surface area contributed by atoms with Gasteiger partial charge < -0.3 is 138 Å². The number of carboxylic acid groups (broad SMARTS) is 1. The lowest BCUT2D eigenvalue weighted by Crippen LogP contribution is -2.73. The summed E-state index contributed by atoms with van der Waals surface area (Å²) >= 11 is 0. The fraction of sp³-hybridized carbons (Fsp3) is 0.778. The summed E-state index contributed by atoms with van der Waals surface area (Å²) in [5.74, 6) is -15.2. The lowest BCUT2D eigenvalue weighted by atomic mass is 9.88. The van der Waals surface area contributed by atoms with Gasteiger partial charge in [0.15, 0.2) is 12.6 Å². The van der Waals surface area contributed by atoms with Crippen LogP contribution < -0.4 is 48.3 Å². The molecule has 0 aromatic carbocycles. The first kappa shape index (κ1) is 76.7. The number of aliphatic carboxylic acids is 1. The Morgan fingerprint density at radius 2 is 1.20 bits per heavy atom. The largest absolute Gasteiger partial charge is 0.477 e. The van der Waals surface area contributed by atoms with Gasteiger partial charge in [0.2, 0.25) is 65.0 Å². The molecule has 5 aliphatic rings. The molecule has 0 aromatic heterocycles. The molecule has 39 heteroatoms. The summed E-state index contributed by atoms with van der Waals surface area (Å²) in [5.41, 5.74) is 5.32. The number of carbonyl (C=O) groups excluding carboxylic acids is 11. The number of rotatable bonds is 29. The van der Waals surface area contributed by atoms with E-state index in [1.165, 1.54) is 23.6 Å². The van der Waals surface area contributed by atoms with Crippen molar-refractivity contribution in [1.82, 2.24) is 52.3 Å². The number of nitrogens with two attached hydrogens (primary N) is 1. The minimum absolute atomic E-state index is 0.00157. The number of likely N-dealkylation sites (tertiary alicyclic amines) is 2. The maximum atomic E-state index is 14.7. The number of nitrogens with one attached hydrogen (secondary N) is 8. The van der Waals surface area contributed by atoms with Crippen LogP contribution in [0.5, 0.6) is 0 Å². The average Bonchev–Trinajstić information content (AvgIpc) is 0.779. The van der Waals surface area contributed by atoms with Crippen molar-refractivity contribution in [3.63, 3.8) is 0 Å². The fourth-order valence-electron chi connectivity index (χ4n) is 11.4. The molecule has 20 N–H and O–H groups in total. The van der Waals surface area contributed by atoms with Crippen LogP contribution in [0.2, 0.25) is 0 Å². The number of carboxylic acids is 1. The van der Waals surface area contributed by atoms with Crippen molar-refractivity contribution in [2.24, 2.45) is 5.73 Å². The molecular weight excluding hydrogens is 1250 g/mol. The zero-order chi connectivity index (χ0) is 69.7. The monoisotopic (exact) mass is 1340 g/mol. The molecule has 5 saturated heterocycles. The molecule has 5 aliphatic heterocycles. The third kappa shape index (κ3) is 19.1. The molecule has 0 spiro atoms. The fourth-order valence-corrected chi connectivity index (χ4v) is 11.4. The van der Waals surface area contributed by atoms with E-state index < -0.39 is 250 Å². The second-order valence-corrected chi connectivity index (χ2v) is 23.2. The van der Waals surface area contributed by atoms with Crippen molar-refractivity contribution in [1.29, 1.82) is 0 Å². The molecule has 526 valence electrons. The molecule has 0 saturated carbocycles. The number of hydrogen-bond donors (Lipinski definition) is 19. The Hall–Kier alpha value is -6.96. The van der Waals surface area contributed by atoms with E-state index in [2.05, 4.69) is 42.5 Å². The first-order chi connectivity index (χ1) is 43.6. The van der Waals surface area contributed by atoms with Crippen LogP contribution in [-0.4, -0.2) is 318 Å². The van der Waals surface area contributed by atoms with E-state index >= 15 is 0 Å². The average molecular weight is 1340 g/mol. The highest BCUT2D eigenvalue weighted by molar-refractivity contribution is 5.98. The third-order valence-corrected chi connectivity index (χ3v) is 16.2. The quantitative estimate of drug-likeness (QED) is 0.0331. The smallest absolute Gasteiger partial charge is 0.364 e. The Balaban J connectivity index is 1.51. The molecule has 0 radical (unpaired) electrons. The predicted molar refractivity (Wildman–Crippen MR) is 305 cm³/mol. The standard InChI is InChI=1S/C54H87N11O28/c1-20(45(55)80)57-47(82)28-10-8-12-64(28)50(85)29-11-9-13-65(29)49(84)21(2)58-48(83)35(63-46(81)27(16-66)62-34(76)15-56-23(4)70)22(3)88-51-37(60-25(6)72)42(40(78)32(18-68)89-51)91-52-38(61-26(7)73)44(41(79)33(19-69)90-52)93-54(53(86)87)14-30(74)36(59-24(5)71)43(92-54)39(77)31(75)17-67/h20-22,27-33,35-44,51-52,66-69,74-75,77-79H,8-19H2,1-7H3,(H2,55,80)(H,56,70)(H,57,82)(H,58,83)(H,59,71)(H,60,72)(H,61,73)(H,62,76)(H,63,81)(H,86,87)/t20?,21?,22?,27?,28?,29?,30?,31-,32?,33?,35?,36-,37?,38?,39-,40+,41+,42-,43?,44-,51+,52+,54+/m1/s1. The summed E-state index contributed by atoms with van der Waals surface area (Å²) in [6.07, 6.45) is -27.0. The highest BCUT2D eigenvalue weighted by Crippen LogP contribution is 2.39. The topological polar surface area (TPSA) is 591 Å². The maximum absolute atomic E-state index is 14.7. The minimum atomic E-state index is -3.24. The highest BCUT2D eigenvalue weighted by atomic mass is 16.8. The molecule has 39 nitrogen and oxygen atoms in total. The second-order valence-electron chi connectivity index (χ2n) is 23.2. The van der Waals surface area contributed by atoms with Crippen LogP contribution >= 0.6 is 0 Å². The number of aliphatic hydroxyl groups excluding tert-OH is 9. The van der Waals surface area contributed by atoms with E-state index in [-0.39, 0.29) is 25.9 Å². The molecule has 0 bridgehead atoms. The van der Waals surface area contributed by atoms with Crippen molar-refractivity contribution in [3.8, 4) is 0 Å². The van der Waals surface area contributed by atoms with Gasteiger partial charge in [-0.15, -0.1) is 0 Å². The first-order valence-electron chi connectivity index (χ1n) is 29.9. The molecule has 13 unspecified atom stereocenters. The van der Waals surface area contributed by atoms with Crippen LogP contribution in [0.4, 0.5) is 0 Å². The Bertz CT molecular complexity index is 2700. The molecule has 23 atom stereocenters. The lowest BCUT2D eigenvalue weighted by molar-refractivity contribution is -0.366. The lowest BCUT2D eigenvalue weighted by Gasteiger charge is -2.52. The van der Waals surface area contributed by atoms with Crippen LogP contribution in [0, 0.1) is 0 Å². The minimum Gasteiger partial charge on any atom is -0.477 e. The molecule has 5 heterocycles. The normalized spacial score (nSPS) is 31.8. The summed E-state index contributed by atoms with van der Waals surface area (Å²) in [7, 11) is 0. The first-order valence-corrected chi connectivity index (χ1v) is 29.9. The Morgan fingerprint density at radius 3 is 1.74 bits per heavy atom. The van der Waals surface area contributed by atoms with Gasteiger partial charge in [0.05, 0.1) is 51.2 Å². The summed E-state index contributed by atoms with van der Waals surface area (Å²) in [4.78, 5) is 161. The number of hydrogen-bond acceptors (Lipinski definition) is 27. The predicted octanol–water partition coefficient (Wildman–Crippen LogP) is -11.9. The summed E-state index contributed by atoms with van der Waals surface area (Å²) in [6, 6.07) is -14.3. The molecule has 0 aliphatic carbocycles. The number of amides is 11. The SMILES string of the molecule is CC(=O)NCC(=O)NC(CO)C(=O)NC(C(=O)NC(C)C(=O)N1CCCC1C(=O)N1CCCC1C(=O)NC(C)C(N)=O)C(C)O[C@H]1OC(CO)[C@H](O)[C@H](O[C@@H]2OC(CO)[C@H](O)[C@H](O[C@]3(C(=O)O)CC(O)[C@@H](NC(C)=O)C([C@H](O)[C@H](O)CO)O3)C2NC(C)=O)C1NC(C)=O. The molecule has 11 amide bonds. The van der Waals surface area contributed by atoms with Crippen molar-refractivity contribution in [3.05, 3.63) is 0 Å². The van der Waals surface area contributed by atoms with Crippen molar-refractivity contribution < 1.29 is 137 Å². The van der Waals surface area contributed by atoms with Crippen LogP contribution in [-0.2, 0) is 86.0 Å². The number of ether oxygens (including phenoxy) is 6. The van der Waals surface area contributed by atoms with Crippen molar-refractivity contribution in [2.45, 2.75) is 220 Å². The van der Waals surface area contributed by atoms with Crippen LogP contribution in [0.1, 0.15) is 80.6 Å². The second kappa shape index (κ2) is 33.9. The van der Waals surface area contributed by atoms with Crippen LogP contribution in [0.15, 0.2) is 0 Å². The van der Waals surface area contributed by atoms with Gasteiger partial charge in [-0.3, -0.25) is 52.7 Å². The van der Waals surface area contributed by atoms with Gasteiger partial charge in [0.1, 0.15) is 103 Å². The third-order valence-electron chi connectivity index (χ3n) is 16.2. The van der Waals surface area contributed by atoms with E-state index in [4.69, 9.17) is 34.2 Å². The molecule has 0 aromatic rings. The van der Waals surface area contributed by atoms with Gasteiger partial charge in [-0.2, -0.15) is 0 Å². The maximum Gasteiger partial charge on any atom is 0.364 e. The van der Waals surface area contributed by atoms with Crippen LogP contribution in [0.3, 0.4) is 0 Å². The van der Waals surface area contributed by atoms with E-state index in [1.807, 2.05) is 0 Å². The Morgan fingerprint density at radius 1 is 0.656 bits per heavy atom. The van der Waals surface area contributed by atoms with Crippen molar-refractivity contribution >= 4 is 70.9 Å².